The fourth-order valence-corrected chi connectivity index (χ4v) is 6.29. The van der Waals surface area contributed by atoms with Crippen molar-refractivity contribution in [2.45, 2.75) is 49.9 Å². The maximum Gasteiger partial charge on any atom is 0.272 e. The van der Waals surface area contributed by atoms with Crippen LogP contribution in [-0.2, 0) is 21.3 Å². The van der Waals surface area contributed by atoms with E-state index in [-0.39, 0.29) is 24.0 Å². The van der Waals surface area contributed by atoms with Crippen LogP contribution < -0.4 is 5.32 Å². The van der Waals surface area contributed by atoms with Crippen LogP contribution in [-0.4, -0.2) is 66.0 Å². The van der Waals surface area contributed by atoms with Gasteiger partial charge in [0, 0.05) is 37.1 Å². The van der Waals surface area contributed by atoms with Crippen molar-refractivity contribution in [1.82, 2.24) is 20.0 Å². The molecule has 8 nitrogen and oxygen atoms in total. The van der Waals surface area contributed by atoms with Gasteiger partial charge in [0.1, 0.15) is 0 Å². The maximum absolute atomic E-state index is 12.9. The third-order valence-electron chi connectivity index (χ3n) is 6.72. The molecule has 4 saturated heterocycles. The van der Waals surface area contributed by atoms with Gasteiger partial charge in [-0.15, -0.1) is 0 Å². The number of para-hydroxylation sites is 1. The molecule has 156 valence electrons. The molecule has 2 aromatic rings. The lowest BCUT2D eigenvalue weighted by atomic mass is 9.70. The van der Waals surface area contributed by atoms with Gasteiger partial charge in [0.25, 0.3) is 16.0 Å². The van der Waals surface area contributed by atoms with Crippen molar-refractivity contribution in [1.29, 1.82) is 0 Å². The number of aryl methyl sites for hydroxylation is 1. The molecule has 1 aromatic heterocycles. The Balaban J connectivity index is 1.27. The molecule has 4 fully saturated rings. The van der Waals surface area contributed by atoms with Gasteiger partial charge >= 0.3 is 0 Å². The highest BCUT2D eigenvalue weighted by atomic mass is 32.2. The van der Waals surface area contributed by atoms with Crippen LogP contribution in [0.3, 0.4) is 0 Å². The number of rotatable bonds is 4. The molecule has 6 atom stereocenters. The summed E-state index contributed by atoms with van der Waals surface area (Å²) >= 11 is 0. The minimum Gasteiger partial charge on any atom is -0.348 e. The number of fused-ring (bicyclic) bond motifs is 2. The highest BCUT2D eigenvalue weighted by molar-refractivity contribution is 7.86. The molecule has 6 rings (SSSR count). The van der Waals surface area contributed by atoms with E-state index in [1.165, 1.54) is 0 Å². The number of carbonyl (C=O) groups excluding carboxylic acids is 1. The highest BCUT2D eigenvalue weighted by Crippen LogP contribution is 2.44. The minimum absolute atomic E-state index is 0.114. The molecule has 0 aliphatic carbocycles. The molecule has 29 heavy (non-hydrogen) atoms. The summed E-state index contributed by atoms with van der Waals surface area (Å²) < 4.78 is 30.1. The van der Waals surface area contributed by atoms with Crippen molar-refractivity contribution < 1.29 is 17.4 Å². The summed E-state index contributed by atoms with van der Waals surface area (Å²) in [5.74, 6) is 0.159. The molecule has 1 amide bonds. The van der Waals surface area contributed by atoms with Gasteiger partial charge in [-0.25, -0.2) is 0 Å². The summed E-state index contributed by atoms with van der Waals surface area (Å²) in [6, 6.07) is 8.62. The summed E-state index contributed by atoms with van der Waals surface area (Å²) in [5.41, 5.74) is 1.42. The van der Waals surface area contributed by atoms with Crippen LogP contribution >= 0.6 is 0 Å². The second-order valence-corrected chi connectivity index (χ2v) is 10.3. The molecule has 0 saturated carbocycles. The predicted molar refractivity (Wildman–Crippen MR) is 108 cm³/mol. The third kappa shape index (κ3) is 3.45. The van der Waals surface area contributed by atoms with E-state index >= 15 is 0 Å². The van der Waals surface area contributed by atoms with Crippen molar-refractivity contribution >= 4 is 26.9 Å². The van der Waals surface area contributed by atoms with Gasteiger partial charge in [-0.2, -0.15) is 13.5 Å². The van der Waals surface area contributed by atoms with E-state index in [4.69, 9.17) is 4.18 Å². The Bertz CT molecular complexity index is 1050. The number of carbonyl (C=O) groups is 1. The minimum atomic E-state index is -3.44. The summed E-state index contributed by atoms with van der Waals surface area (Å²) in [6.45, 7) is 0.665. The van der Waals surface area contributed by atoms with Crippen LogP contribution in [0, 0.1) is 5.92 Å². The standard InChI is InChI=1S/C20H26N4O4S/c1-23-17-6-4-3-5-16(17)19(22-23)20(25)21-13-9-14-7-12-8-15(10-13)24(14)11-18(12)28-29(2,26)27/h3-6,12-15,18H,7-11H2,1-2H3,(H,21,25)/t12?,13?,14-,15?,18+/m0/s1. The van der Waals surface area contributed by atoms with Gasteiger partial charge in [-0.1, -0.05) is 18.2 Å². The van der Waals surface area contributed by atoms with E-state index in [9.17, 15) is 13.2 Å². The molecule has 4 bridgehead atoms. The zero-order chi connectivity index (χ0) is 20.3. The molecule has 4 aliphatic rings. The van der Waals surface area contributed by atoms with Crippen LogP contribution in [0.15, 0.2) is 24.3 Å². The number of amides is 1. The Morgan fingerprint density at radius 3 is 2.52 bits per heavy atom. The monoisotopic (exact) mass is 418 g/mol. The Morgan fingerprint density at radius 1 is 1.17 bits per heavy atom. The molecule has 4 aliphatic heterocycles. The zero-order valence-electron chi connectivity index (χ0n) is 16.6. The van der Waals surface area contributed by atoms with E-state index in [1.807, 2.05) is 31.3 Å². The highest BCUT2D eigenvalue weighted by Gasteiger charge is 2.50. The van der Waals surface area contributed by atoms with Crippen LogP contribution in [0.1, 0.15) is 36.2 Å². The predicted octanol–water partition coefficient (Wildman–Crippen LogP) is 1.27. The summed E-state index contributed by atoms with van der Waals surface area (Å²) in [5, 5.41) is 8.51. The number of benzene rings is 1. The van der Waals surface area contributed by atoms with Crippen molar-refractivity contribution in [3.63, 3.8) is 0 Å². The zero-order valence-corrected chi connectivity index (χ0v) is 17.4. The van der Waals surface area contributed by atoms with Crippen molar-refractivity contribution in [3.05, 3.63) is 30.0 Å². The van der Waals surface area contributed by atoms with E-state index < -0.39 is 10.1 Å². The first-order chi connectivity index (χ1) is 13.8. The second-order valence-electron chi connectivity index (χ2n) is 8.71. The topological polar surface area (TPSA) is 93.5 Å². The normalized spacial score (nSPS) is 33.7. The number of nitrogens with zero attached hydrogens (tertiary/aromatic N) is 3. The average Bonchev–Trinajstić information content (AvgIpc) is 2.98. The van der Waals surface area contributed by atoms with E-state index in [1.54, 1.807) is 4.68 Å². The summed E-state index contributed by atoms with van der Waals surface area (Å²) in [6.07, 6.45) is 4.51. The third-order valence-corrected chi connectivity index (χ3v) is 7.32. The van der Waals surface area contributed by atoms with Crippen molar-refractivity contribution in [3.8, 4) is 0 Å². The Labute approximate surface area is 170 Å². The van der Waals surface area contributed by atoms with E-state index in [0.29, 0.717) is 24.3 Å². The van der Waals surface area contributed by atoms with Gasteiger partial charge < -0.3 is 5.32 Å². The van der Waals surface area contributed by atoms with E-state index in [0.717, 1.165) is 42.8 Å². The van der Waals surface area contributed by atoms with Crippen LogP contribution in [0.4, 0.5) is 0 Å². The Hall–Kier alpha value is -1.97. The molecular weight excluding hydrogens is 392 g/mol. The van der Waals surface area contributed by atoms with Gasteiger partial charge in [0.05, 0.1) is 17.9 Å². The number of hydrogen-bond donors (Lipinski definition) is 1. The Kier molecular flexibility index (Phi) is 4.45. The van der Waals surface area contributed by atoms with Gasteiger partial charge in [0.2, 0.25) is 0 Å². The molecule has 1 N–H and O–H groups in total. The molecule has 4 unspecified atom stereocenters. The Morgan fingerprint density at radius 2 is 1.86 bits per heavy atom. The SMILES string of the molecule is Cn1nc(C(=O)NC2CC3CC4C[C@@H](C2)N3C[C@H]4OS(C)(=O)=O)c2ccccc21. The van der Waals surface area contributed by atoms with Crippen LogP contribution in [0.2, 0.25) is 0 Å². The largest absolute Gasteiger partial charge is 0.348 e. The lowest BCUT2D eigenvalue weighted by molar-refractivity contribution is -0.0993. The van der Waals surface area contributed by atoms with Crippen LogP contribution in [0.25, 0.3) is 10.9 Å². The van der Waals surface area contributed by atoms with Gasteiger partial charge in [0.15, 0.2) is 5.69 Å². The number of aromatic nitrogens is 2. The smallest absolute Gasteiger partial charge is 0.272 e. The summed E-state index contributed by atoms with van der Waals surface area (Å²) in [4.78, 5) is 15.3. The molecule has 9 heteroatoms. The fourth-order valence-electron chi connectivity index (χ4n) is 5.63. The average molecular weight is 419 g/mol. The second kappa shape index (κ2) is 6.78. The van der Waals surface area contributed by atoms with Crippen molar-refractivity contribution in [2.75, 3.05) is 12.8 Å². The molecule has 5 heterocycles. The molecule has 0 spiro atoms. The molecule has 1 aromatic carbocycles. The first-order valence-electron chi connectivity index (χ1n) is 10.1. The number of hydrogen-bond acceptors (Lipinski definition) is 6. The fraction of sp³-hybridized carbons (Fsp3) is 0.600. The lowest BCUT2D eigenvalue weighted by Crippen LogP contribution is -2.66. The van der Waals surface area contributed by atoms with Gasteiger partial charge in [-0.05, 0) is 37.7 Å². The number of piperidine rings is 4. The van der Waals surface area contributed by atoms with Gasteiger partial charge in [-0.3, -0.25) is 18.6 Å². The van der Waals surface area contributed by atoms with Crippen LogP contribution in [0.5, 0.6) is 0 Å². The first-order valence-corrected chi connectivity index (χ1v) is 12.0. The summed E-state index contributed by atoms with van der Waals surface area (Å²) in [7, 11) is -1.59. The van der Waals surface area contributed by atoms with E-state index in [2.05, 4.69) is 15.3 Å². The van der Waals surface area contributed by atoms with Crippen molar-refractivity contribution in [2.24, 2.45) is 13.0 Å². The molecular formula is C20H26N4O4S. The number of nitrogens with one attached hydrogen (secondary N) is 1. The first kappa shape index (κ1) is 19.0. The lowest BCUT2D eigenvalue weighted by Gasteiger charge is -2.57. The molecule has 0 radical (unpaired) electrons. The maximum atomic E-state index is 12.9. The quantitative estimate of drug-likeness (QED) is 0.752.